The summed E-state index contributed by atoms with van der Waals surface area (Å²) in [6.07, 6.45) is 0. The lowest BCUT2D eigenvalue weighted by Gasteiger charge is -2.10. The average Bonchev–Trinajstić information content (AvgIpc) is 3.13. The number of aryl methyl sites for hydroxylation is 2. The van der Waals surface area contributed by atoms with Gasteiger partial charge in [-0.3, -0.25) is 14.9 Å². The van der Waals surface area contributed by atoms with E-state index in [1.807, 2.05) is 25.1 Å². The fourth-order valence-corrected chi connectivity index (χ4v) is 3.81. The first-order valence-corrected chi connectivity index (χ1v) is 9.78. The molecule has 1 aliphatic heterocycles. The van der Waals surface area contributed by atoms with Crippen molar-refractivity contribution in [2.45, 2.75) is 18.9 Å². The summed E-state index contributed by atoms with van der Waals surface area (Å²) in [6.45, 7) is 3.86. The predicted molar refractivity (Wildman–Crippen MR) is 110 cm³/mol. The average molecular weight is 411 g/mol. The zero-order chi connectivity index (χ0) is 20.5. The molecule has 1 amide bonds. The van der Waals surface area contributed by atoms with Crippen molar-refractivity contribution in [3.8, 4) is 11.5 Å². The Morgan fingerprint density at radius 1 is 1.17 bits per heavy atom. The minimum Gasteiger partial charge on any atom is -0.454 e. The summed E-state index contributed by atoms with van der Waals surface area (Å²) in [6, 6.07) is 10.1. The van der Waals surface area contributed by atoms with Crippen molar-refractivity contribution in [3.63, 3.8) is 0 Å². The van der Waals surface area contributed by atoms with Gasteiger partial charge in [-0.2, -0.15) is 0 Å². The third-order valence-corrected chi connectivity index (χ3v) is 5.58. The maximum Gasteiger partial charge on any atom is 0.269 e. The molecule has 148 valence electrons. The van der Waals surface area contributed by atoms with Crippen LogP contribution in [-0.4, -0.2) is 28.4 Å². The number of nitro benzene ring substituents is 1. The fourth-order valence-electron chi connectivity index (χ4n) is 3.02. The fraction of sp³-hybridized carbons (Fsp3) is 0.200. The number of hydrogen-bond acceptors (Lipinski definition) is 7. The van der Waals surface area contributed by atoms with Gasteiger partial charge >= 0.3 is 0 Å². The molecular weight excluding hydrogens is 394 g/mol. The minimum absolute atomic E-state index is 0.00766. The Hall–Kier alpha value is -3.33. The summed E-state index contributed by atoms with van der Waals surface area (Å²) in [5.74, 6) is 1.33. The topological polar surface area (TPSA) is 104 Å². The van der Waals surface area contributed by atoms with Gasteiger partial charge in [-0.1, -0.05) is 11.8 Å². The molecule has 0 atom stereocenters. The highest BCUT2D eigenvalue weighted by Gasteiger charge is 2.16. The number of thioether (sulfide) groups is 1. The van der Waals surface area contributed by atoms with Gasteiger partial charge in [0.15, 0.2) is 11.5 Å². The van der Waals surface area contributed by atoms with Crippen molar-refractivity contribution in [2.75, 3.05) is 17.9 Å². The number of nitrogens with zero attached hydrogens (tertiary/aromatic N) is 2. The van der Waals surface area contributed by atoms with Crippen molar-refractivity contribution >= 4 is 39.9 Å². The molecule has 1 aromatic heterocycles. The molecule has 0 bridgehead atoms. The Bertz CT molecular complexity index is 1150. The van der Waals surface area contributed by atoms with Crippen LogP contribution in [0.1, 0.15) is 11.1 Å². The first kappa shape index (κ1) is 19.0. The molecule has 1 N–H and O–H groups in total. The molecule has 0 spiro atoms. The number of aromatic nitrogens is 1. The molecule has 2 aromatic carbocycles. The van der Waals surface area contributed by atoms with Gasteiger partial charge in [0.1, 0.15) is 5.03 Å². The Morgan fingerprint density at radius 3 is 2.66 bits per heavy atom. The van der Waals surface area contributed by atoms with Gasteiger partial charge < -0.3 is 14.8 Å². The molecular formula is C20H17N3O5S. The lowest BCUT2D eigenvalue weighted by atomic mass is 10.1. The third-order valence-electron chi connectivity index (χ3n) is 4.49. The molecule has 1 aliphatic rings. The third kappa shape index (κ3) is 3.95. The molecule has 0 saturated heterocycles. The van der Waals surface area contributed by atoms with Crippen LogP contribution in [0.3, 0.4) is 0 Å². The number of pyridine rings is 1. The summed E-state index contributed by atoms with van der Waals surface area (Å²) >= 11 is 1.33. The number of hydrogen-bond donors (Lipinski definition) is 1. The standard InChI is InChI=1S/C20H17N3O5S/c1-11-6-14(23(25)26)3-4-15(11)21-19(24)9-29-20-12(2)5-13-7-17-18(28-10-27-17)8-16(13)22-20/h3-8H,9-10H2,1-2H3,(H,21,24). The second kappa shape index (κ2) is 7.59. The van der Waals surface area contributed by atoms with Gasteiger partial charge in [-0.25, -0.2) is 4.98 Å². The minimum atomic E-state index is -0.463. The van der Waals surface area contributed by atoms with Crippen LogP contribution >= 0.6 is 11.8 Å². The van der Waals surface area contributed by atoms with E-state index in [1.165, 1.54) is 30.0 Å². The molecule has 0 fully saturated rings. The summed E-state index contributed by atoms with van der Waals surface area (Å²) in [7, 11) is 0. The highest BCUT2D eigenvalue weighted by molar-refractivity contribution is 8.00. The van der Waals surface area contributed by atoms with Crippen LogP contribution in [0.25, 0.3) is 10.9 Å². The molecule has 0 saturated carbocycles. The Balaban J connectivity index is 1.46. The van der Waals surface area contributed by atoms with E-state index >= 15 is 0 Å². The quantitative estimate of drug-likeness (QED) is 0.381. The number of fused-ring (bicyclic) bond motifs is 2. The van der Waals surface area contributed by atoms with Crippen LogP contribution in [0.4, 0.5) is 11.4 Å². The molecule has 0 aliphatic carbocycles. The second-order valence-corrected chi connectivity index (χ2v) is 7.57. The number of non-ortho nitro benzene ring substituents is 1. The van der Waals surface area contributed by atoms with E-state index in [2.05, 4.69) is 10.3 Å². The first-order valence-electron chi connectivity index (χ1n) is 8.79. The van der Waals surface area contributed by atoms with Crippen molar-refractivity contribution < 1.29 is 19.2 Å². The molecule has 9 heteroatoms. The van der Waals surface area contributed by atoms with E-state index in [4.69, 9.17) is 9.47 Å². The summed E-state index contributed by atoms with van der Waals surface area (Å²) in [5.41, 5.74) is 2.91. The van der Waals surface area contributed by atoms with Crippen LogP contribution in [0.5, 0.6) is 11.5 Å². The van der Waals surface area contributed by atoms with Crippen molar-refractivity contribution in [2.24, 2.45) is 0 Å². The first-order chi connectivity index (χ1) is 13.9. The Morgan fingerprint density at radius 2 is 1.93 bits per heavy atom. The van der Waals surface area contributed by atoms with Crippen LogP contribution in [-0.2, 0) is 4.79 Å². The molecule has 0 radical (unpaired) electrons. The van der Waals surface area contributed by atoms with Crippen molar-refractivity contribution in [1.29, 1.82) is 0 Å². The number of ether oxygens (including phenoxy) is 2. The van der Waals surface area contributed by atoms with E-state index in [0.717, 1.165) is 21.5 Å². The number of carbonyl (C=O) groups is 1. The summed E-state index contributed by atoms with van der Waals surface area (Å²) in [4.78, 5) is 27.4. The van der Waals surface area contributed by atoms with Gasteiger partial charge in [0.2, 0.25) is 12.7 Å². The largest absolute Gasteiger partial charge is 0.454 e. The molecule has 29 heavy (non-hydrogen) atoms. The summed E-state index contributed by atoms with van der Waals surface area (Å²) < 4.78 is 10.8. The van der Waals surface area contributed by atoms with E-state index in [9.17, 15) is 14.9 Å². The van der Waals surface area contributed by atoms with Gasteiger partial charge in [-0.15, -0.1) is 0 Å². The SMILES string of the molecule is Cc1cc([N+](=O)[O-])ccc1NC(=O)CSc1nc2cc3c(cc2cc1C)OCO3. The smallest absolute Gasteiger partial charge is 0.269 e. The van der Waals surface area contributed by atoms with E-state index in [0.29, 0.717) is 22.7 Å². The van der Waals surface area contributed by atoms with E-state index < -0.39 is 4.92 Å². The summed E-state index contributed by atoms with van der Waals surface area (Å²) in [5, 5.41) is 15.3. The van der Waals surface area contributed by atoms with Crippen LogP contribution in [0.15, 0.2) is 41.4 Å². The maximum absolute atomic E-state index is 12.4. The van der Waals surface area contributed by atoms with Crippen molar-refractivity contribution in [3.05, 3.63) is 57.6 Å². The number of carbonyl (C=O) groups excluding carboxylic acids is 1. The van der Waals surface area contributed by atoms with Crippen LogP contribution in [0, 0.1) is 24.0 Å². The van der Waals surface area contributed by atoms with Crippen molar-refractivity contribution in [1.82, 2.24) is 4.98 Å². The number of benzene rings is 2. The van der Waals surface area contributed by atoms with Crippen LogP contribution in [0.2, 0.25) is 0 Å². The van der Waals surface area contributed by atoms with Gasteiger partial charge in [0, 0.05) is 29.3 Å². The zero-order valence-corrected chi connectivity index (χ0v) is 16.5. The number of amides is 1. The number of nitrogens with one attached hydrogen (secondary N) is 1. The number of rotatable bonds is 5. The Kier molecular flexibility index (Phi) is 4.98. The van der Waals surface area contributed by atoms with Gasteiger partial charge in [-0.05, 0) is 43.2 Å². The highest BCUT2D eigenvalue weighted by atomic mass is 32.2. The number of nitro groups is 1. The molecule has 4 rings (SSSR count). The van der Waals surface area contributed by atoms with Gasteiger partial charge in [0.05, 0.1) is 16.2 Å². The van der Waals surface area contributed by atoms with Crippen LogP contribution < -0.4 is 14.8 Å². The van der Waals surface area contributed by atoms with E-state index in [-0.39, 0.29) is 24.1 Å². The lowest BCUT2D eigenvalue weighted by Crippen LogP contribution is -2.15. The predicted octanol–water partition coefficient (Wildman–Crippen LogP) is 4.22. The number of anilines is 1. The zero-order valence-electron chi connectivity index (χ0n) is 15.7. The van der Waals surface area contributed by atoms with Gasteiger partial charge in [0.25, 0.3) is 5.69 Å². The van der Waals surface area contributed by atoms with E-state index in [1.54, 1.807) is 6.92 Å². The normalized spacial score (nSPS) is 12.2. The monoisotopic (exact) mass is 411 g/mol. The molecule has 8 nitrogen and oxygen atoms in total. The highest BCUT2D eigenvalue weighted by Crippen LogP contribution is 2.37. The second-order valence-electron chi connectivity index (χ2n) is 6.60. The lowest BCUT2D eigenvalue weighted by molar-refractivity contribution is -0.384. The maximum atomic E-state index is 12.4. The molecule has 3 aromatic rings. The Labute approximate surface area is 170 Å². The molecule has 2 heterocycles. The molecule has 0 unspecified atom stereocenters.